The summed E-state index contributed by atoms with van der Waals surface area (Å²) in [6.07, 6.45) is 4.52. The van der Waals surface area contributed by atoms with Crippen molar-refractivity contribution in [2.24, 2.45) is 5.73 Å². The second-order valence-corrected chi connectivity index (χ2v) is 4.52. The Morgan fingerprint density at radius 3 is 2.95 bits per heavy atom. The number of nitrogens with two attached hydrogens (primary N) is 1. The van der Waals surface area contributed by atoms with Crippen molar-refractivity contribution >= 4 is 11.6 Å². The zero-order valence-corrected chi connectivity index (χ0v) is 12.2. The molecule has 0 saturated carbocycles. The standard InChI is InChI=1S/C15H18N4O3/c1-21-13(9-16)8-14(20)19-11-3-2-4-12(7-11)22-15-10-17-5-6-18-15/h2-7,10,13H,8-9,16H2,1H3,(H,19,20). The van der Waals surface area contributed by atoms with Crippen LogP contribution in [0.25, 0.3) is 0 Å². The summed E-state index contributed by atoms with van der Waals surface area (Å²) < 4.78 is 10.6. The third-order valence-electron chi connectivity index (χ3n) is 2.89. The van der Waals surface area contributed by atoms with Gasteiger partial charge in [0.05, 0.1) is 18.7 Å². The van der Waals surface area contributed by atoms with Crippen molar-refractivity contribution < 1.29 is 14.3 Å². The molecule has 3 N–H and O–H groups in total. The molecule has 0 spiro atoms. The maximum Gasteiger partial charge on any atom is 0.237 e. The molecule has 0 aliphatic heterocycles. The smallest absolute Gasteiger partial charge is 0.237 e. The molecule has 0 fully saturated rings. The number of nitrogens with zero attached hydrogens (tertiary/aromatic N) is 2. The van der Waals surface area contributed by atoms with E-state index in [0.29, 0.717) is 23.9 Å². The molecular formula is C15H18N4O3. The SMILES string of the molecule is COC(CN)CC(=O)Nc1cccc(Oc2cnccn2)c1. The Balaban J connectivity index is 1.98. The first-order valence-corrected chi connectivity index (χ1v) is 6.78. The van der Waals surface area contributed by atoms with Crippen LogP contribution in [0.3, 0.4) is 0 Å². The fraction of sp³-hybridized carbons (Fsp3) is 0.267. The number of anilines is 1. The molecule has 0 aliphatic rings. The van der Waals surface area contributed by atoms with Crippen molar-refractivity contribution in [3.05, 3.63) is 42.9 Å². The summed E-state index contributed by atoms with van der Waals surface area (Å²) in [4.78, 5) is 19.8. The Morgan fingerprint density at radius 2 is 2.27 bits per heavy atom. The minimum Gasteiger partial charge on any atom is -0.437 e. The normalized spacial score (nSPS) is 11.7. The number of aromatic nitrogens is 2. The first-order valence-electron chi connectivity index (χ1n) is 6.78. The molecule has 1 heterocycles. The minimum atomic E-state index is -0.293. The van der Waals surface area contributed by atoms with E-state index in [4.69, 9.17) is 15.2 Å². The monoisotopic (exact) mass is 302 g/mol. The molecule has 2 rings (SSSR count). The van der Waals surface area contributed by atoms with Crippen molar-refractivity contribution in [3.63, 3.8) is 0 Å². The molecule has 1 amide bonds. The maximum atomic E-state index is 11.9. The molecule has 0 saturated heterocycles. The van der Waals surface area contributed by atoms with Gasteiger partial charge in [0.15, 0.2) is 0 Å². The highest BCUT2D eigenvalue weighted by atomic mass is 16.5. The quantitative estimate of drug-likeness (QED) is 0.805. The Kier molecular flexibility index (Phi) is 5.81. The van der Waals surface area contributed by atoms with Gasteiger partial charge in [-0.15, -0.1) is 0 Å². The lowest BCUT2D eigenvalue weighted by Crippen LogP contribution is -2.28. The number of carbonyl (C=O) groups excluding carboxylic acids is 1. The fourth-order valence-electron chi connectivity index (χ4n) is 1.78. The van der Waals surface area contributed by atoms with Gasteiger partial charge in [0.1, 0.15) is 5.75 Å². The summed E-state index contributed by atoms with van der Waals surface area (Å²) in [5.74, 6) is 0.767. The molecule has 0 bridgehead atoms. The molecule has 116 valence electrons. The molecule has 7 heteroatoms. The molecule has 1 aromatic carbocycles. The lowest BCUT2D eigenvalue weighted by molar-refractivity contribution is -0.118. The van der Waals surface area contributed by atoms with Crippen LogP contribution < -0.4 is 15.8 Å². The highest BCUT2D eigenvalue weighted by Gasteiger charge is 2.11. The van der Waals surface area contributed by atoms with Crippen LogP contribution in [0.5, 0.6) is 11.6 Å². The lowest BCUT2D eigenvalue weighted by Gasteiger charge is -2.13. The van der Waals surface area contributed by atoms with Gasteiger partial charge in [-0.3, -0.25) is 9.78 Å². The van der Waals surface area contributed by atoms with Gasteiger partial charge in [0.25, 0.3) is 0 Å². The number of rotatable bonds is 7. The second-order valence-electron chi connectivity index (χ2n) is 4.52. The van der Waals surface area contributed by atoms with Crippen LogP contribution >= 0.6 is 0 Å². The lowest BCUT2D eigenvalue weighted by atomic mass is 10.2. The summed E-state index contributed by atoms with van der Waals surface area (Å²) >= 11 is 0. The van der Waals surface area contributed by atoms with Crippen molar-refractivity contribution in [2.75, 3.05) is 19.0 Å². The summed E-state index contributed by atoms with van der Waals surface area (Å²) in [7, 11) is 1.53. The third-order valence-corrected chi connectivity index (χ3v) is 2.89. The van der Waals surface area contributed by atoms with E-state index in [1.807, 2.05) is 0 Å². The number of carbonyl (C=O) groups is 1. The van der Waals surface area contributed by atoms with Gasteiger partial charge < -0.3 is 20.5 Å². The average Bonchev–Trinajstić information content (AvgIpc) is 2.54. The minimum absolute atomic E-state index is 0.172. The van der Waals surface area contributed by atoms with E-state index in [2.05, 4.69) is 15.3 Å². The van der Waals surface area contributed by atoms with Crippen LogP contribution in [0.15, 0.2) is 42.9 Å². The van der Waals surface area contributed by atoms with Gasteiger partial charge in [0.2, 0.25) is 11.8 Å². The third kappa shape index (κ3) is 4.80. The number of hydrogen-bond donors (Lipinski definition) is 2. The van der Waals surface area contributed by atoms with Crippen LogP contribution in [0.1, 0.15) is 6.42 Å². The van der Waals surface area contributed by atoms with E-state index in [9.17, 15) is 4.79 Å². The second kappa shape index (κ2) is 8.06. The number of nitrogens with one attached hydrogen (secondary N) is 1. The van der Waals surface area contributed by atoms with Gasteiger partial charge in [-0.1, -0.05) is 6.07 Å². The molecule has 7 nitrogen and oxygen atoms in total. The number of ether oxygens (including phenoxy) is 2. The van der Waals surface area contributed by atoms with Gasteiger partial charge in [-0.05, 0) is 12.1 Å². The Labute approximate surface area is 128 Å². The van der Waals surface area contributed by atoms with Gasteiger partial charge in [-0.2, -0.15) is 0 Å². The molecule has 2 aromatic rings. The first kappa shape index (κ1) is 15.9. The van der Waals surface area contributed by atoms with Crippen LogP contribution in [0, 0.1) is 0 Å². The van der Waals surface area contributed by atoms with Crippen LogP contribution in [0.4, 0.5) is 5.69 Å². The first-order chi connectivity index (χ1) is 10.7. The molecule has 1 aromatic heterocycles. The van der Waals surface area contributed by atoms with Crippen LogP contribution in [-0.2, 0) is 9.53 Å². The summed E-state index contributed by atoms with van der Waals surface area (Å²) in [6.45, 7) is 0.291. The Bertz CT molecular complexity index is 603. The number of methoxy groups -OCH3 is 1. The topological polar surface area (TPSA) is 99.4 Å². The van der Waals surface area contributed by atoms with E-state index in [1.165, 1.54) is 13.3 Å². The zero-order chi connectivity index (χ0) is 15.8. The molecule has 0 aliphatic carbocycles. The largest absolute Gasteiger partial charge is 0.437 e. The molecule has 0 radical (unpaired) electrons. The zero-order valence-electron chi connectivity index (χ0n) is 12.2. The Hall–Kier alpha value is -2.51. The van der Waals surface area contributed by atoms with Crippen LogP contribution in [-0.4, -0.2) is 35.6 Å². The summed E-state index contributed by atoms with van der Waals surface area (Å²) in [5, 5.41) is 2.78. The van der Waals surface area contributed by atoms with E-state index < -0.39 is 0 Å². The highest BCUT2D eigenvalue weighted by Crippen LogP contribution is 2.22. The summed E-state index contributed by atoms with van der Waals surface area (Å²) in [5.41, 5.74) is 6.12. The predicted octanol–water partition coefficient (Wildman–Crippen LogP) is 1.57. The van der Waals surface area contributed by atoms with Crippen molar-refractivity contribution in [1.29, 1.82) is 0 Å². The fourth-order valence-corrected chi connectivity index (χ4v) is 1.78. The van der Waals surface area contributed by atoms with E-state index in [-0.39, 0.29) is 18.4 Å². The average molecular weight is 302 g/mol. The molecular weight excluding hydrogens is 284 g/mol. The Morgan fingerprint density at radius 1 is 1.41 bits per heavy atom. The molecule has 1 unspecified atom stereocenters. The summed E-state index contributed by atoms with van der Waals surface area (Å²) in [6, 6.07) is 7.02. The van der Waals surface area contributed by atoms with Crippen LogP contribution in [0.2, 0.25) is 0 Å². The molecule has 1 atom stereocenters. The van der Waals surface area contributed by atoms with E-state index >= 15 is 0 Å². The predicted molar refractivity (Wildman–Crippen MR) is 81.6 cm³/mol. The van der Waals surface area contributed by atoms with Gasteiger partial charge in [0, 0.05) is 37.8 Å². The van der Waals surface area contributed by atoms with E-state index in [0.717, 1.165) is 0 Å². The number of hydrogen-bond acceptors (Lipinski definition) is 6. The van der Waals surface area contributed by atoms with Crippen molar-refractivity contribution in [2.45, 2.75) is 12.5 Å². The van der Waals surface area contributed by atoms with Gasteiger partial charge >= 0.3 is 0 Å². The molecule has 22 heavy (non-hydrogen) atoms. The van der Waals surface area contributed by atoms with Crippen molar-refractivity contribution in [3.8, 4) is 11.6 Å². The van der Waals surface area contributed by atoms with E-state index in [1.54, 1.807) is 36.7 Å². The highest BCUT2D eigenvalue weighted by molar-refractivity contribution is 5.91. The van der Waals surface area contributed by atoms with Crippen molar-refractivity contribution in [1.82, 2.24) is 9.97 Å². The number of amides is 1. The number of benzene rings is 1. The van der Waals surface area contributed by atoms with Gasteiger partial charge in [-0.25, -0.2) is 4.98 Å². The maximum absolute atomic E-state index is 11.9.